The third-order valence-electron chi connectivity index (χ3n) is 2.57. The van der Waals surface area contributed by atoms with Crippen LogP contribution in [0.1, 0.15) is 24.4 Å². The molecular formula is C9H15N2+. The summed E-state index contributed by atoms with van der Waals surface area (Å²) in [6.45, 7) is 6.86. The second kappa shape index (κ2) is 2.38. The van der Waals surface area contributed by atoms with Crippen LogP contribution >= 0.6 is 0 Å². The zero-order valence-corrected chi connectivity index (χ0v) is 7.17. The molecule has 0 aromatic carbocycles. The van der Waals surface area contributed by atoms with Gasteiger partial charge in [0.15, 0.2) is 0 Å². The van der Waals surface area contributed by atoms with Crippen LogP contribution in [0.5, 0.6) is 0 Å². The predicted octanol–water partition coefficient (Wildman–Crippen LogP) is 0.435. The molecule has 2 heterocycles. The highest BCUT2D eigenvalue weighted by molar-refractivity contribution is 5.17. The maximum absolute atomic E-state index is 2.42. The monoisotopic (exact) mass is 151 g/mol. The van der Waals surface area contributed by atoms with E-state index in [0.717, 1.165) is 0 Å². The minimum atomic E-state index is 0.650. The zero-order valence-electron chi connectivity index (χ0n) is 7.17. The van der Waals surface area contributed by atoms with Crippen LogP contribution in [0, 0.1) is 6.92 Å². The molecule has 1 aliphatic rings. The Kier molecular flexibility index (Phi) is 1.50. The summed E-state index contributed by atoms with van der Waals surface area (Å²) in [5.41, 5.74) is 2.88. The maximum atomic E-state index is 2.42. The highest BCUT2D eigenvalue weighted by Crippen LogP contribution is 2.15. The summed E-state index contributed by atoms with van der Waals surface area (Å²) in [5.74, 6) is 0. The van der Waals surface area contributed by atoms with Gasteiger partial charge in [0.25, 0.3) is 0 Å². The van der Waals surface area contributed by atoms with Gasteiger partial charge in [-0.25, -0.2) is 0 Å². The lowest BCUT2D eigenvalue weighted by molar-refractivity contribution is -0.699. The quantitative estimate of drug-likeness (QED) is 0.555. The maximum Gasteiger partial charge on any atom is 0.124 e. The molecule has 1 atom stereocenters. The molecule has 2 heteroatoms. The third kappa shape index (κ3) is 0.979. The molecule has 60 valence electrons. The van der Waals surface area contributed by atoms with E-state index in [1.54, 1.807) is 0 Å². The Morgan fingerprint density at radius 3 is 3.09 bits per heavy atom. The van der Waals surface area contributed by atoms with Gasteiger partial charge in [0.2, 0.25) is 0 Å². The van der Waals surface area contributed by atoms with Gasteiger partial charge in [-0.3, -0.25) is 0 Å². The summed E-state index contributed by atoms with van der Waals surface area (Å²) in [6, 6.07) is 5.11. The predicted molar refractivity (Wildman–Crippen MR) is 44.4 cm³/mol. The SMILES string of the molecule is Cc1ccc2n1CC[NH2+][C@H]2C. The molecule has 2 nitrogen and oxygen atoms in total. The van der Waals surface area contributed by atoms with Crippen molar-refractivity contribution in [3.05, 3.63) is 23.5 Å². The van der Waals surface area contributed by atoms with E-state index >= 15 is 0 Å². The molecule has 0 radical (unpaired) electrons. The minimum absolute atomic E-state index is 0.650. The summed E-state index contributed by atoms with van der Waals surface area (Å²) in [7, 11) is 0. The molecule has 0 unspecified atom stereocenters. The fourth-order valence-electron chi connectivity index (χ4n) is 1.87. The highest BCUT2D eigenvalue weighted by atomic mass is 15.1. The Morgan fingerprint density at radius 2 is 2.36 bits per heavy atom. The molecule has 1 aromatic rings. The summed E-state index contributed by atoms with van der Waals surface area (Å²) in [6.07, 6.45) is 0. The van der Waals surface area contributed by atoms with Crippen LogP contribution in [0.2, 0.25) is 0 Å². The van der Waals surface area contributed by atoms with Crippen molar-refractivity contribution < 1.29 is 5.32 Å². The number of rotatable bonds is 0. The van der Waals surface area contributed by atoms with Crippen LogP contribution in [-0.4, -0.2) is 11.1 Å². The number of hydrogen-bond donors (Lipinski definition) is 1. The number of hydrogen-bond acceptors (Lipinski definition) is 0. The van der Waals surface area contributed by atoms with Gasteiger partial charge in [-0.15, -0.1) is 0 Å². The molecule has 0 amide bonds. The topological polar surface area (TPSA) is 21.5 Å². The third-order valence-corrected chi connectivity index (χ3v) is 2.57. The molecule has 0 bridgehead atoms. The summed E-state index contributed by atoms with van der Waals surface area (Å²) in [4.78, 5) is 0. The first kappa shape index (κ1) is 6.92. The van der Waals surface area contributed by atoms with E-state index in [-0.39, 0.29) is 0 Å². The smallest absolute Gasteiger partial charge is 0.124 e. The summed E-state index contributed by atoms with van der Waals surface area (Å²) >= 11 is 0. The average Bonchev–Trinajstić information content (AvgIpc) is 2.35. The van der Waals surface area contributed by atoms with E-state index in [1.807, 2.05) is 0 Å². The molecule has 0 saturated carbocycles. The van der Waals surface area contributed by atoms with Crippen LogP contribution in [0.15, 0.2) is 12.1 Å². The Hall–Kier alpha value is -0.760. The Balaban J connectivity index is 2.46. The van der Waals surface area contributed by atoms with Crippen molar-refractivity contribution in [3.8, 4) is 0 Å². The van der Waals surface area contributed by atoms with Gasteiger partial charge in [0.05, 0.1) is 18.8 Å². The van der Waals surface area contributed by atoms with E-state index in [4.69, 9.17) is 0 Å². The first-order valence-electron chi connectivity index (χ1n) is 4.28. The standard InChI is InChI=1S/C9H14N2/c1-7-3-4-9-8(2)10-5-6-11(7)9/h3-4,8,10H,5-6H2,1-2H3/p+1/t8-/m0/s1. The fourth-order valence-corrected chi connectivity index (χ4v) is 1.87. The molecule has 0 spiro atoms. The van der Waals surface area contributed by atoms with Crippen molar-refractivity contribution in [1.82, 2.24) is 4.57 Å². The van der Waals surface area contributed by atoms with Crippen LogP contribution in [0.3, 0.4) is 0 Å². The van der Waals surface area contributed by atoms with Gasteiger partial charge in [-0.05, 0) is 26.0 Å². The van der Waals surface area contributed by atoms with Crippen LogP contribution in [0.25, 0.3) is 0 Å². The van der Waals surface area contributed by atoms with Crippen LogP contribution in [-0.2, 0) is 6.54 Å². The Morgan fingerprint density at radius 1 is 1.55 bits per heavy atom. The molecule has 2 N–H and O–H groups in total. The number of quaternary nitrogens is 1. The van der Waals surface area contributed by atoms with E-state index < -0.39 is 0 Å². The van der Waals surface area contributed by atoms with Gasteiger partial charge in [0.1, 0.15) is 6.04 Å². The van der Waals surface area contributed by atoms with Crippen molar-refractivity contribution >= 4 is 0 Å². The van der Waals surface area contributed by atoms with Crippen molar-refractivity contribution in [2.24, 2.45) is 0 Å². The van der Waals surface area contributed by atoms with Gasteiger partial charge in [-0.1, -0.05) is 0 Å². The van der Waals surface area contributed by atoms with E-state index in [0.29, 0.717) is 6.04 Å². The van der Waals surface area contributed by atoms with Gasteiger partial charge >= 0.3 is 0 Å². The minimum Gasteiger partial charge on any atom is -0.338 e. The van der Waals surface area contributed by atoms with E-state index in [9.17, 15) is 0 Å². The summed E-state index contributed by atoms with van der Waals surface area (Å²) in [5, 5.41) is 2.40. The molecule has 0 aliphatic carbocycles. The van der Waals surface area contributed by atoms with Crippen LogP contribution in [0.4, 0.5) is 0 Å². The second-order valence-electron chi connectivity index (χ2n) is 3.36. The Bertz CT molecular complexity index is 263. The highest BCUT2D eigenvalue weighted by Gasteiger charge is 2.18. The number of aryl methyl sites for hydroxylation is 1. The van der Waals surface area contributed by atoms with E-state index in [2.05, 4.69) is 35.9 Å². The first-order valence-corrected chi connectivity index (χ1v) is 4.28. The summed E-state index contributed by atoms with van der Waals surface area (Å²) < 4.78 is 2.42. The lowest BCUT2D eigenvalue weighted by Crippen LogP contribution is -2.87. The Labute approximate surface area is 67.2 Å². The molecule has 1 aromatic heterocycles. The average molecular weight is 151 g/mol. The molecule has 0 fully saturated rings. The zero-order chi connectivity index (χ0) is 7.84. The van der Waals surface area contributed by atoms with Gasteiger partial charge < -0.3 is 9.88 Å². The molecule has 0 saturated heterocycles. The molecule has 1 aliphatic heterocycles. The second-order valence-corrected chi connectivity index (χ2v) is 3.36. The first-order chi connectivity index (χ1) is 5.29. The lowest BCUT2D eigenvalue weighted by Gasteiger charge is -2.21. The lowest BCUT2D eigenvalue weighted by atomic mass is 10.2. The van der Waals surface area contributed by atoms with Crippen molar-refractivity contribution in [2.45, 2.75) is 26.4 Å². The van der Waals surface area contributed by atoms with Crippen LogP contribution < -0.4 is 5.32 Å². The normalized spacial score (nSPS) is 23.3. The fraction of sp³-hybridized carbons (Fsp3) is 0.556. The van der Waals surface area contributed by atoms with Gasteiger partial charge in [-0.2, -0.15) is 0 Å². The number of aromatic nitrogens is 1. The van der Waals surface area contributed by atoms with Crippen molar-refractivity contribution in [1.29, 1.82) is 0 Å². The number of nitrogens with zero attached hydrogens (tertiary/aromatic N) is 1. The van der Waals surface area contributed by atoms with Crippen molar-refractivity contribution in [2.75, 3.05) is 6.54 Å². The van der Waals surface area contributed by atoms with Gasteiger partial charge in [0, 0.05) is 5.69 Å². The van der Waals surface area contributed by atoms with Crippen molar-refractivity contribution in [3.63, 3.8) is 0 Å². The molecule has 2 rings (SSSR count). The van der Waals surface area contributed by atoms with E-state index in [1.165, 1.54) is 24.5 Å². The number of fused-ring (bicyclic) bond motifs is 1. The molecular weight excluding hydrogens is 136 g/mol. The molecule has 11 heavy (non-hydrogen) atoms. The largest absolute Gasteiger partial charge is 0.338 e. The number of nitrogens with two attached hydrogens (primary N) is 1.